The quantitative estimate of drug-likeness (QED) is 0.634. The summed E-state index contributed by atoms with van der Waals surface area (Å²) < 4.78 is 10.7. The fraction of sp³-hybridized carbons (Fsp3) is 0.818. The van der Waals surface area contributed by atoms with Gasteiger partial charge in [-0.05, 0) is 0 Å². The molecule has 2 aliphatic heterocycles. The molecule has 7 heteroatoms. The molecular weight excluding hydrogens is 238 g/mol. The molecule has 0 bridgehead atoms. The van der Waals surface area contributed by atoms with E-state index >= 15 is 0 Å². The molecule has 7 nitrogen and oxygen atoms in total. The summed E-state index contributed by atoms with van der Waals surface area (Å²) in [6.45, 7) is 4.05. The highest BCUT2D eigenvalue weighted by Crippen LogP contribution is 2.09. The van der Waals surface area contributed by atoms with Crippen LogP contribution in [0.1, 0.15) is 0 Å². The Labute approximate surface area is 106 Å². The van der Waals surface area contributed by atoms with Crippen molar-refractivity contribution in [1.82, 2.24) is 9.80 Å². The molecule has 1 atom stereocenters. The average molecular weight is 257 g/mol. The van der Waals surface area contributed by atoms with Crippen molar-refractivity contribution in [3.8, 4) is 0 Å². The van der Waals surface area contributed by atoms with Crippen molar-refractivity contribution in [3.63, 3.8) is 0 Å². The number of rotatable bonds is 3. The predicted octanol–water partition coefficient (Wildman–Crippen LogP) is -1.97. The highest BCUT2D eigenvalue weighted by Gasteiger charge is 2.31. The maximum atomic E-state index is 12.2. The average Bonchev–Trinajstić information content (AvgIpc) is 2.38. The van der Waals surface area contributed by atoms with Crippen LogP contribution in [0.2, 0.25) is 0 Å². The van der Waals surface area contributed by atoms with Crippen molar-refractivity contribution in [2.24, 2.45) is 5.73 Å². The standard InChI is InChI=1S/C11H19N3O4/c12-10(15)8-13-1-6-18-9(7-13)11(16)14-2-4-17-5-3-14/h9H,1-8H2,(H2,12,15). The van der Waals surface area contributed by atoms with Gasteiger partial charge in [-0.25, -0.2) is 0 Å². The minimum atomic E-state index is -0.490. The Hall–Kier alpha value is -1.18. The minimum Gasteiger partial charge on any atom is -0.378 e. The van der Waals surface area contributed by atoms with E-state index in [1.807, 2.05) is 4.90 Å². The molecule has 2 rings (SSSR count). The maximum Gasteiger partial charge on any atom is 0.253 e. The van der Waals surface area contributed by atoms with Gasteiger partial charge in [0.1, 0.15) is 6.10 Å². The Morgan fingerprint density at radius 1 is 1.17 bits per heavy atom. The molecule has 0 spiro atoms. The van der Waals surface area contributed by atoms with Crippen LogP contribution in [0.4, 0.5) is 0 Å². The summed E-state index contributed by atoms with van der Waals surface area (Å²) >= 11 is 0. The first kappa shape index (κ1) is 13.3. The fourth-order valence-corrected chi connectivity index (χ4v) is 2.20. The third-order valence-electron chi connectivity index (χ3n) is 3.13. The molecule has 2 saturated heterocycles. The van der Waals surface area contributed by atoms with Crippen molar-refractivity contribution in [1.29, 1.82) is 0 Å². The zero-order chi connectivity index (χ0) is 13.0. The van der Waals surface area contributed by atoms with Gasteiger partial charge in [0.05, 0.1) is 26.4 Å². The molecule has 102 valence electrons. The molecule has 0 aromatic carbocycles. The van der Waals surface area contributed by atoms with Crippen LogP contribution in [0, 0.1) is 0 Å². The second kappa shape index (κ2) is 6.12. The number of ether oxygens (including phenoxy) is 2. The maximum absolute atomic E-state index is 12.2. The van der Waals surface area contributed by atoms with Crippen LogP contribution in [-0.2, 0) is 19.1 Å². The third-order valence-corrected chi connectivity index (χ3v) is 3.13. The number of hydrogen-bond donors (Lipinski definition) is 1. The molecule has 2 fully saturated rings. The smallest absolute Gasteiger partial charge is 0.253 e. The van der Waals surface area contributed by atoms with E-state index in [-0.39, 0.29) is 18.4 Å². The van der Waals surface area contributed by atoms with Crippen LogP contribution in [0.3, 0.4) is 0 Å². The summed E-state index contributed by atoms with van der Waals surface area (Å²) in [4.78, 5) is 26.7. The predicted molar refractivity (Wildman–Crippen MR) is 62.8 cm³/mol. The Bertz CT molecular complexity index is 317. The second-order valence-corrected chi connectivity index (χ2v) is 4.50. The first-order valence-electron chi connectivity index (χ1n) is 6.15. The summed E-state index contributed by atoms with van der Waals surface area (Å²) in [5, 5.41) is 0. The van der Waals surface area contributed by atoms with Crippen molar-refractivity contribution < 1.29 is 19.1 Å². The van der Waals surface area contributed by atoms with E-state index in [0.29, 0.717) is 46.0 Å². The number of amides is 2. The molecule has 2 heterocycles. The number of primary amides is 1. The van der Waals surface area contributed by atoms with Gasteiger partial charge in [-0.15, -0.1) is 0 Å². The van der Waals surface area contributed by atoms with Crippen molar-refractivity contribution in [2.45, 2.75) is 6.10 Å². The number of nitrogens with two attached hydrogens (primary N) is 1. The van der Waals surface area contributed by atoms with Gasteiger partial charge in [-0.1, -0.05) is 0 Å². The van der Waals surface area contributed by atoms with Crippen LogP contribution < -0.4 is 5.73 Å². The molecule has 2 aliphatic rings. The number of hydrogen-bond acceptors (Lipinski definition) is 5. The van der Waals surface area contributed by atoms with E-state index < -0.39 is 6.10 Å². The molecule has 2 N–H and O–H groups in total. The topological polar surface area (TPSA) is 85.1 Å². The van der Waals surface area contributed by atoms with Crippen molar-refractivity contribution in [2.75, 3.05) is 52.5 Å². The van der Waals surface area contributed by atoms with Crippen molar-refractivity contribution >= 4 is 11.8 Å². The Morgan fingerprint density at radius 2 is 1.89 bits per heavy atom. The van der Waals surface area contributed by atoms with Gasteiger partial charge in [-0.2, -0.15) is 0 Å². The number of carbonyl (C=O) groups excluding carboxylic acids is 2. The summed E-state index contributed by atoms with van der Waals surface area (Å²) in [6.07, 6.45) is -0.490. The van der Waals surface area contributed by atoms with E-state index in [1.165, 1.54) is 0 Å². The highest BCUT2D eigenvalue weighted by molar-refractivity contribution is 5.81. The molecule has 0 aliphatic carbocycles. The number of morpholine rings is 2. The number of carbonyl (C=O) groups is 2. The van der Waals surface area contributed by atoms with Gasteiger partial charge in [0.25, 0.3) is 5.91 Å². The Kier molecular flexibility index (Phi) is 4.51. The molecule has 0 saturated carbocycles. The van der Waals surface area contributed by atoms with Gasteiger partial charge >= 0.3 is 0 Å². The molecule has 0 radical (unpaired) electrons. The second-order valence-electron chi connectivity index (χ2n) is 4.50. The van der Waals surface area contributed by atoms with E-state index in [1.54, 1.807) is 4.90 Å². The van der Waals surface area contributed by atoms with Gasteiger partial charge in [0, 0.05) is 26.2 Å². The van der Waals surface area contributed by atoms with E-state index in [2.05, 4.69) is 0 Å². The first-order valence-corrected chi connectivity index (χ1v) is 6.15. The van der Waals surface area contributed by atoms with Gasteiger partial charge in [0.15, 0.2) is 0 Å². The largest absolute Gasteiger partial charge is 0.378 e. The monoisotopic (exact) mass is 257 g/mol. The molecule has 2 amide bonds. The lowest BCUT2D eigenvalue weighted by Gasteiger charge is -2.35. The van der Waals surface area contributed by atoms with E-state index in [4.69, 9.17) is 15.2 Å². The Balaban J connectivity index is 1.87. The summed E-state index contributed by atoms with van der Waals surface area (Å²) in [5.41, 5.74) is 5.15. The summed E-state index contributed by atoms with van der Waals surface area (Å²) in [7, 11) is 0. The molecule has 0 aromatic heterocycles. The highest BCUT2D eigenvalue weighted by atomic mass is 16.5. The van der Waals surface area contributed by atoms with E-state index in [0.717, 1.165) is 0 Å². The fourth-order valence-electron chi connectivity index (χ4n) is 2.20. The number of nitrogens with zero attached hydrogens (tertiary/aromatic N) is 2. The lowest BCUT2D eigenvalue weighted by Crippen LogP contribution is -2.54. The lowest BCUT2D eigenvalue weighted by molar-refractivity contribution is -0.154. The van der Waals surface area contributed by atoms with Crippen LogP contribution in [0.5, 0.6) is 0 Å². The Morgan fingerprint density at radius 3 is 2.56 bits per heavy atom. The molecular formula is C11H19N3O4. The normalized spacial score (nSPS) is 26.0. The van der Waals surface area contributed by atoms with Crippen LogP contribution >= 0.6 is 0 Å². The molecule has 0 aromatic rings. The van der Waals surface area contributed by atoms with Crippen LogP contribution in [0.25, 0.3) is 0 Å². The zero-order valence-corrected chi connectivity index (χ0v) is 10.3. The third kappa shape index (κ3) is 3.41. The van der Waals surface area contributed by atoms with E-state index in [9.17, 15) is 9.59 Å². The van der Waals surface area contributed by atoms with Gasteiger partial charge < -0.3 is 20.1 Å². The van der Waals surface area contributed by atoms with Crippen LogP contribution in [0.15, 0.2) is 0 Å². The van der Waals surface area contributed by atoms with Crippen LogP contribution in [-0.4, -0.2) is 80.3 Å². The SMILES string of the molecule is NC(=O)CN1CCOC(C(=O)N2CCOCC2)C1. The molecule has 18 heavy (non-hydrogen) atoms. The van der Waals surface area contributed by atoms with Gasteiger partial charge in [-0.3, -0.25) is 14.5 Å². The lowest BCUT2D eigenvalue weighted by atomic mass is 10.2. The summed E-state index contributed by atoms with van der Waals surface area (Å²) in [6, 6.07) is 0. The molecule has 1 unspecified atom stereocenters. The zero-order valence-electron chi connectivity index (χ0n) is 10.3. The van der Waals surface area contributed by atoms with Crippen molar-refractivity contribution in [3.05, 3.63) is 0 Å². The minimum absolute atomic E-state index is 0.0209. The van der Waals surface area contributed by atoms with Gasteiger partial charge in [0.2, 0.25) is 5.91 Å². The first-order chi connectivity index (χ1) is 8.66. The summed E-state index contributed by atoms with van der Waals surface area (Å²) in [5.74, 6) is -0.401.